The molecule has 2 rings (SSSR count). The fraction of sp³-hybridized carbons (Fsp3) is 0.263. The molecule has 0 fully saturated rings. The molecule has 5 nitrogen and oxygen atoms in total. The van der Waals surface area contributed by atoms with Crippen LogP contribution in [0.1, 0.15) is 30.9 Å². The fourth-order valence-corrected chi connectivity index (χ4v) is 2.85. The maximum absolute atomic E-state index is 12.1. The highest BCUT2D eigenvalue weighted by molar-refractivity contribution is 9.10. The predicted octanol–water partition coefficient (Wildman–Crippen LogP) is 4.48. The van der Waals surface area contributed by atoms with Crippen molar-refractivity contribution in [1.82, 2.24) is 5.32 Å². The van der Waals surface area contributed by atoms with Crippen LogP contribution in [0.5, 0.6) is 11.5 Å². The van der Waals surface area contributed by atoms with Crippen LogP contribution in [0.2, 0.25) is 0 Å². The zero-order valence-corrected chi connectivity index (χ0v) is 17.2. The van der Waals surface area contributed by atoms with Gasteiger partial charge in [0.15, 0.2) is 11.7 Å². The molecule has 0 saturated heterocycles. The standard InChI is InChI=1S/C19H21BrN2O3S/c1-11(2)15-9-16(20)12(3)8-17(15)25-10-18(24)22-19(26)21-13-4-6-14(23)7-5-13/h4-9,11,23H,10H2,1-3H3,(H2,21,22,24,26). The van der Waals surface area contributed by atoms with Crippen LogP contribution < -0.4 is 15.4 Å². The van der Waals surface area contributed by atoms with Crippen LogP contribution in [-0.2, 0) is 4.79 Å². The van der Waals surface area contributed by atoms with Crippen molar-refractivity contribution in [1.29, 1.82) is 0 Å². The molecule has 0 unspecified atom stereocenters. The summed E-state index contributed by atoms with van der Waals surface area (Å²) in [6.07, 6.45) is 0. The number of carbonyl (C=O) groups is 1. The van der Waals surface area contributed by atoms with Gasteiger partial charge in [-0.2, -0.15) is 0 Å². The van der Waals surface area contributed by atoms with Crippen LogP contribution >= 0.6 is 28.1 Å². The van der Waals surface area contributed by atoms with Gasteiger partial charge in [0.1, 0.15) is 11.5 Å². The number of benzene rings is 2. The van der Waals surface area contributed by atoms with Crippen molar-refractivity contribution in [2.24, 2.45) is 0 Å². The first-order chi connectivity index (χ1) is 12.3. The zero-order valence-electron chi connectivity index (χ0n) is 14.8. The monoisotopic (exact) mass is 436 g/mol. The van der Waals surface area contributed by atoms with Crippen molar-refractivity contribution in [3.05, 3.63) is 52.0 Å². The van der Waals surface area contributed by atoms with Crippen LogP contribution in [-0.4, -0.2) is 22.7 Å². The number of aromatic hydroxyl groups is 1. The van der Waals surface area contributed by atoms with Gasteiger partial charge in [0.2, 0.25) is 0 Å². The molecule has 7 heteroatoms. The highest BCUT2D eigenvalue weighted by Crippen LogP contribution is 2.32. The lowest BCUT2D eigenvalue weighted by Gasteiger charge is -2.16. The maximum Gasteiger partial charge on any atom is 0.264 e. The Morgan fingerprint density at radius 1 is 1.27 bits per heavy atom. The van der Waals surface area contributed by atoms with Crippen molar-refractivity contribution in [2.75, 3.05) is 11.9 Å². The van der Waals surface area contributed by atoms with E-state index in [1.807, 2.05) is 19.1 Å². The van der Waals surface area contributed by atoms with Crippen LogP contribution in [0.4, 0.5) is 5.69 Å². The smallest absolute Gasteiger partial charge is 0.264 e. The Hall–Kier alpha value is -2.12. The van der Waals surface area contributed by atoms with E-state index in [9.17, 15) is 9.90 Å². The summed E-state index contributed by atoms with van der Waals surface area (Å²) in [4.78, 5) is 12.1. The fourth-order valence-electron chi connectivity index (χ4n) is 2.26. The summed E-state index contributed by atoms with van der Waals surface area (Å²) >= 11 is 8.64. The lowest BCUT2D eigenvalue weighted by atomic mass is 10.0. The molecule has 0 heterocycles. The number of phenolic OH excluding ortho intramolecular Hbond substituents is 1. The summed E-state index contributed by atoms with van der Waals surface area (Å²) < 4.78 is 6.72. The molecule has 2 aromatic rings. The minimum Gasteiger partial charge on any atom is -0.508 e. The minimum atomic E-state index is -0.350. The Balaban J connectivity index is 1.93. The van der Waals surface area contributed by atoms with Gasteiger partial charge in [0.25, 0.3) is 5.91 Å². The van der Waals surface area contributed by atoms with E-state index in [1.54, 1.807) is 12.1 Å². The maximum atomic E-state index is 12.1. The quantitative estimate of drug-likeness (QED) is 0.476. The molecule has 138 valence electrons. The van der Waals surface area contributed by atoms with E-state index in [0.29, 0.717) is 11.4 Å². The van der Waals surface area contributed by atoms with Crippen molar-refractivity contribution in [2.45, 2.75) is 26.7 Å². The number of phenols is 1. The van der Waals surface area contributed by atoms with Crippen LogP contribution in [0, 0.1) is 6.92 Å². The van der Waals surface area contributed by atoms with Gasteiger partial charge in [-0.25, -0.2) is 0 Å². The number of halogens is 1. The zero-order chi connectivity index (χ0) is 19.3. The van der Waals surface area contributed by atoms with E-state index >= 15 is 0 Å². The van der Waals surface area contributed by atoms with Crippen molar-refractivity contribution >= 4 is 44.9 Å². The molecule has 0 atom stereocenters. The summed E-state index contributed by atoms with van der Waals surface area (Å²) in [5.74, 6) is 0.761. The van der Waals surface area contributed by atoms with E-state index in [2.05, 4.69) is 40.4 Å². The summed E-state index contributed by atoms with van der Waals surface area (Å²) in [6.45, 7) is 5.97. The number of amides is 1. The van der Waals surface area contributed by atoms with E-state index < -0.39 is 0 Å². The first-order valence-electron chi connectivity index (χ1n) is 8.09. The number of anilines is 1. The summed E-state index contributed by atoms with van der Waals surface area (Å²) in [5.41, 5.74) is 2.73. The lowest BCUT2D eigenvalue weighted by Crippen LogP contribution is -2.37. The van der Waals surface area contributed by atoms with Crippen molar-refractivity contribution in [3.63, 3.8) is 0 Å². The highest BCUT2D eigenvalue weighted by atomic mass is 79.9. The van der Waals surface area contributed by atoms with Crippen LogP contribution in [0.25, 0.3) is 0 Å². The third-order valence-electron chi connectivity index (χ3n) is 3.65. The van der Waals surface area contributed by atoms with Gasteiger partial charge >= 0.3 is 0 Å². The molecule has 0 saturated carbocycles. The van der Waals surface area contributed by atoms with Gasteiger partial charge in [-0.1, -0.05) is 29.8 Å². The molecule has 2 aromatic carbocycles. The molecule has 1 amide bonds. The molecule has 0 aliphatic heterocycles. The van der Waals surface area contributed by atoms with Crippen LogP contribution in [0.15, 0.2) is 40.9 Å². The Morgan fingerprint density at radius 2 is 1.92 bits per heavy atom. The van der Waals surface area contributed by atoms with Gasteiger partial charge in [-0.15, -0.1) is 0 Å². The molecular formula is C19H21BrN2O3S. The number of hydrogen-bond donors (Lipinski definition) is 3. The predicted molar refractivity (Wildman–Crippen MR) is 111 cm³/mol. The van der Waals surface area contributed by atoms with Gasteiger partial charge in [0, 0.05) is 10.2 Å². The Labute approximate surface area is 166 Å². The van der Waals surface area contributed by atoms with E-state index in [4.69, 9.17) is 17.0 Å². The van der Waals surface area contributed by atoms with Crippen LogP contribution in [0.3, 0.4) is 0 Å². The Morgan fingerprint density at radius 3 is 2.54 bits per heavy atom. The number of carbonyl (C=O) groups excluding carboxylic acids is 1. The average molecular weight is 437 g/mol. The first kappa shape index (κ1) is 20.2. The molecule has 3 N–H and O–H groups in total. The number of aryl methyl sites for hydroxylation is 1. The van der Waals surface area contributed by atoms with Crippen molar-refractivity contribution < 1.29 is 14.6 Å². The topological polar surface area (TPSA) is 70.6 Å². The molecule has 0 aliphatic rings. The van der Waals surface area contributed by atoms with Gasteiger partial charge < -0.3 is 15.2 Å². The second-order valence-electron chi connectivity index (χ2n) is 6.13. The summed E-state index contributed by atoms with van der Waals surface area (Å²) in [6, 6.07) is 10.3. The third-order valence-corrected chi connectivity index (χ3v) is 4.71. The van der Waals surface area contributed by atoms with Gasteiger partial charge in [-0.05, 0) is 72.6 Å². The van der Waals surface area contributed by atoms with Gasteiger partial charge in [-0.3, -0.25) is 10.1 Å². The minimum absolute atomic E-state index is 0.141. The van der Waals surface area contributed by atoms with Crippen molar-refractivity contribution in [3.8, 4) is 11.5 Å². The molecule has 0 radical (unpaired) electrons. The molecule has 0 spiro atoms. The molecule has 0 aromatic heterocycles. The SMILES string of the molecule is Cc1cc(OCC(=O)NC(=S)Nc2ccc(O)cc2)c(C(C)C)cc1Br. The number of thiocarbonyl (C=S) groups is 1. The van der Waals surface area contributed by atoms with E-state index in [1.165, 1.54) is 12.1 Å². The normalized spacial score (nSPS) is 10.5. The lowest BCUT2D eigenvalue weighted by molar-refractivity contribution is -0.121. The van der Waals surface area contributed by atoms with E-state index in [-0.39, 0.29) is 29.3 Å². The Kier molecular flexibility index (Phi) is 6.99. The third kappa shape index (κ3) is 5.71. The number of ether oxygens (including phenoxy) is 1. The molecule has 0 aliphatic carbocycles. The first-order valence-corrected chi connectivity index (χ1v) is 9.29. The summed E-state index contributed by atoms with van der Waals surface area (Å²) in [5, 5.41) is 14.9. The number of rotatable bonds is 5. The van der Waals surface area contributed by atoms with Gasteiger partial charge in [0.05, 0.1) is 0 Å². The second-order valence-corrected chi connectivity index (χ2v) is 7.39. The van der Waals surface area contributed by atoms with E-state index in [0.717, 1.165) is 15.6 Å². The number of nitrogens with one attached hydrogen (secondary N) is 2. The molecule has 26 heavy (non-hydrogen) atoms. The largest absolute Gasteiger partial charge is 0.508 e. The number of hydrogen-bond acceptors (Lipinski definition) is 4. The Bertz CT molecular complexity index is 807. The summed E-state index contributed by atoms with van der Waals surface area (Å²) in [7, 11) is 0. The second kappa shape index (κ2) is 9.00. The highest BCUT2D eigenvalue weighted by Gasteiger charge is 2.13. The average Bonchev–Trinajstić information content (AvgIpc) is 2.57. The molecule has 0 bridgehead atoms. The molecular weight excluding hydrogens is 416 g/mol.